The lowest BCUT2D eigenvalue weighted by molar-refractivity contribution is -0.141. The second-order valence-corrected chi connectivity index (χ2v) is 7.10. The van der Waals surface area contributed by atoms with E-state index in [1.807, 2.05) is 30.3 Å². The first-order valence-corrected chi connectivity index (χ1v) is 9.28. The van der Waals surface area contributed by atoms with Gasteiger partial charge >= 0.3 is 12.0 Å². The number of amides is 2. The summed E-state index contributed by atoms with van der Waals surface area (Å²) in [5.41, 5.74) is 1.03. The topological polar surface area (TPSA) is 86.7 Å². The first-order valence-electron chi connectivity index (χ1n) is 8.52. The standard InChI is InChI=1S/C20H20Cl2N2O4/c1-24(12-13-6-3-2-4-7-13)20(28)23-11-14(19(26)27)10-17(25)18-15(21)8-5-9-16(18)22/h2-9,14H,10-12H2,1H3,(H,23,28)(H,26,27)/t14-/m0/s1. The molecule has 0 aliphatic heterocycles. The molecule has 148 valence electrons. The van der Waals surface area contributed by atoms with Crippen molar-refractivity contribution in [2.75, 3.05) is 13.6 Å². The van der Waals surface area contributed by atoms with E-state index in [1.54, 1.807) is 13.1 Å². The van der Waals surface area contributed by atoms with Gasteiger partial charge in [0, 0.05) is 26.6 Å². The Labute approximate surface area is 173 Å². The monoisotopic (exact) mass is 422 g/mol. The van der Waals surface area contributed by atoms with Gasteiger partial charge < -0.3 is 15.3 Å². The zero-order valence-electron chi connectivity index (χ0n) is 15.2. The molecule has 8 heteroatoms. The summed E-state index contributed by atoms with van der Waals surface area (Å²) in [4.78, 5) is 37.7. The van der Waals surface area contributed by atoms with E-state index >= 15 is 0 Å². The minimum atomic E-state index is -1.19. The van der Waals surface area contributed by atoms with E-state index < -0.39 is 23.7 Å². The van der Waals surface area contributed by atoms with Crippen LogP contribution in [0, 0.1) is 5.92 Å². The number of hydrogen-bond donors (Lipinski definition) is 2. The fourth-order valence-corrected chi connectivity index (χ4v) is 3.22. The lowest BCUT2D eigenvalue weighted by Crippen LogP contribution is -2.41. The van der Waals surface area contributed by atoms with E-state index in [0.717, 1.165) is 5.56 Å². The van der Waals surface area contributed by atoms with E-state index in [4.69, 9.17) is 23.2 Å². The summed E-state index contributed by atoms with van der Waals surface area (Å²) in [5, 5.41) is 12.3. The summed E-state index contributed by atoms with van der Waals surface area (Å²) in [7, 11) is 1.60. The smallest absolute Gasteiger partial charge is 0.317 e. The Bertz CT molecular complexity index is 838. The Kier molecular flexibility index (Phi) is 7.84. The van der Waals surface area contributed by atoms with Crippen LogP contribution in [0.15, 0.2) is 48.5 Å². The number of nitrogens with zero attached hydrogens (tertiary/aromatic N) is 1. The summed E-state index contributed by atoms with van der Waals surface area (Å²) in [6.45, 7) is 0.180. The number of hydrogen-bond acceptors (Lipinski definition) is 3. The Balaban J connectivity index is 1.96. The third kappa shape index (κ3) is 5.97. The maximum atomic E-state index is 12.5. The average molecular weight is 423 g/mol. The summed E-state index contributed by atoms with van der Waals surface area (Å²) < 4.78 is 0. The van der Waals surface area contributed by atoms with Crippen molar-refractivity contribution < 1.29 is 19.5 Å². The molecule has 0 saturated carbocycles. The van der Waals surface area contributed by atoms with E-state index in [9.17, 15) is 19.5 Å². The number of nitrogens with one attached hydrogen (secondary N) is 1. The number of halogens is 2. The van der Waals surface area contributed by atoms with Crippen molar-refractivity contribution >= 4 is 41.0 Å². The van der Waals surface area contributed by atoms with Crippen molar-refractivity contribution in [2.24, 2.45) is 5.92 Å². The molecule has 0 fully saturated rings. The average Bonchev–Trinajstić information content (AvgIpc) is 2.65. The highest BCUT2D eigenvalue weighted by atomic mass is 35.5. The molecule has 2 aromatic rings. The molecule has 0 aromatic heterocycles. The maximum absolute atomic E-state index is 12.5. The SMILES string of the molecule is CN(Cc1ccccc1)C(=O)NC[C@H](CC(=O)c1c(Cl)cccc1Cl)C(=O)O. The molecule has 0 radical (unpaired) electrons. The highest BCUT2D eigenvalue weighted by Gasteiger charge is 2.25. The summed E-state index contributed by atoms with van der Waals surface area (Å²) in [5.74, 6) is -2.79. The van der Waals surface area contributed by atoms with Crippen LogP contribution in [0.25, 0.3) is 0 Å². The van der Waals surface area contributed by atoms with Crippen LogP contribution in [0.1, 0.15) is 22.3 Å². The third-order valence-corrected chi connectivity index (χ3v) is 4.76. The predicted molar refractivity (Wildman–Crippen MR) is 108 cm³/mol. The van der Waals surface area contributed by atoms with Gasteiger partial charge in [0.25, 0.3) is 0 Å². The Morgan fingerprint density at radius 3 is 2.21 bits per heavy atom. The molecule has 2 aromatic carbocycles. The summed E-state index contributed by atoms with van der Waals surface area (Å²) in [6, 6.07) is 13.6. The Morgan fingerprint density at radius 1 is 1.04 bits per heavy atom. The molecule has 2 amide bonds. The van der Waals surface area contributed by atoms with Crippen LogP contribution in [0.2, 0.25) is 10.0 Å². The van der Waals surface area contributed by atoms with Gasteiger partial charge in [0.05, 0.1) is 21.5 Å². The molecule has 28 heavy (non-hydrogen) atoms. The van der Waals surface area contributed by atoms with Gasteiger partial charge in [-0.25, -0.2) is 4.79 Å². The minimum Gasteiger partial charge on any atom is -0.481 e. The zero-order chi connectivity index (χ0) is 20.7. The van der Waals surface area contributed by atoms with E-state index in [2.05, 4.69) is 5.32 Å². The van der Waals surface area contributed by atoms with Crippen LogP contribution in [-0.4, -0.2) is 41.4 Å². The van der Waals surface area contributed by atoms with Crippen LogP contribution in [-0.2, 0) is 11.3 Å². The number of aliphatic carboxylic acids is 1. The van der Waals surface area contributed by atoms with Crippen molar-refractivity contribution in [1.29, 1.82) is 0 Å². The number of carboxylic acid groups (broad SMARTS) is 1. The van der Waals surface area contributed by atoms with Crippen LogP contribution in [0.5, 0.6) is 0 Å². The van der Waals surface area contributed by atoms with Crippen molar-refractivity contribution in [3.05, 3.63) is 69.7 Å². The molecule has 6 nitrogen and oxygen atoms in total. The first kappa shape index (κ1) is 21.7. The van der Waals surface area contributed by atoms with Crippen LogP contribution in [0.3, 0.4) is 0 Å². The zero-order valence-corrected chi connectivity index (χ0v) is 16.7. The lowest BCUT2D eigenvalue weighted by Gasteiger charge is -2.20. The highest BCUT2D eigenvalue weighted by molar-refractivity contribution is 6.39. The molecule has 0 heterocycles. The molecule has 0 aliphatic carbocycles. The van der Waals surface area contributed by atoms with Gasteiger partial charge in [0.2, 0.25) is 0 Å². The number of rotatable bonds is 8. The van der Waals surface area contributed by atoms with Crippen LogP contribution >= 0.6 is 23.2 Å². The lowest BCUT2D eigenvalue weighted by atomic mass is 9.98. The van der Waals surface area contributed by atoms with Crippen molar-refractivity contribution in [2.45, 2.75) is 13.0 Å². The predicted octanol–water partition coefficient (Wildman–Crippen LogP) is 4.11. The van der Waals surface area contributed by atoms with Gasteiger partial charge in [-0.15, -0.1) is 0 Å². The Hall–Kier alpha value is -2.57. The molecule has 0 bridgehead atoms. The van der Waals surface area contributed by atoms with E-state index in [-0.39, 0.29) is 28.6 Å². The maximum Gasteiger partial charge on any atom is 0.317 e. The molecule has 2 N–H and O–H groups in total. The molecule has 1 atom stereocenters. The molecular formula is C20H20Cl2N2O4. The first-order chi connectivity index (χ1) is 13.3. The number of Topliss-reactive ketones (excluding diaryl/α,β-unsaturated/α-hetero) is 1. The number of carbonyl (C=O) groups excluding carboxylic acids is 2. The van der Waals surface area contributed by atoms with Gasteiger partial charge in [-0.3, -0.25) is 9.59 Å². The molecule has 0 saturated heterocycles. The van der Waals surface area contributed by atoms with Gasteiger partial charge in [0.15, 0.2) is 5.78 Å². The Morgan fingerprint density at radius 2 is 1.64 bits per heavy atom. The van der Waals surface area contributed by atoms with E-state index in [0.29, 0.717) is 6.54 Å². The fraction of sp³-hybridized carbons (Fsp3) is 0.250. The van der Waals surface area contributed by atoms with Gasteiger partial charge in [-0.2, -0.15) is 0 Å². The van der Waals surface area contributed by atoms with Crippen molar-refractivity contribution in [3.8, 4) is 0 Å². The normalized spacial score (nSPS) is 11.5. The summed E-state index contributed by atoms with van der Waals surface area (Å²) >= 11 is 12.0. The second kappa shape index (κ2) is 10.1. The minimum absolute atomic E-state index is 0.0876. The van der Waals surface area contributed by atoms with Crippen molar-refractivity contribution in [3.63, 3.8) is 0 Å². The van der Waals surface area contributed by atoms with E-state index in [1.165, 1.54) is 17.0 Å². The third-order valence-electron chi connectivity index (χ3n) is 4.13. The molecule has 2 rings (SSSR count). The molecule has 0 spiro atoms. The quantitative estimate of drug-likeness (QED) is 0.626. The number of ketones is 1. The summed E-state index contributed by atoms with van der Waals surface area (Å²) in [6.07, 6.45) is -0.332. The van der Waals surface area contributed by atoms with Crippen molar-refractivity contribution in [1.82, 2.24) is 10.2 Å². The number of carbonyl (C=O) groups is 3. The van der Waals surface area contributed by atoms with Gasteiger partial charge in [-0.05, 0) is 17.7 Å². The molecular weight excluding hydrogens is 403 g/mol. The van der Waals surface area contributed by atoms with Crippen LogP contribution < -0.4 is 5.32 Å². The number of benzene rings is 2. The molecule has 0 aliphatic rings. The van der Waals surface area contributed by atoms with Gasteiger partial charge in [0.1, 0.15) is 0 Å². The molecule has 0 unspecified atom stereocenters. The number of carboxylic acids is 1. The largest absolute Gasteiger partial charge is 0.481 e. The second-order valence-electron chi connectivity index (χ2n) is 6.29. The number of urea groups is 1. The van der Waals surface area contributed by atoms with Crippen LogP contribution in [0.4, 0.5) is 4.79 Å². The fourth-order valence-electron chi connectivity index (χ4n) is 2.61. The van der Waals surface area contributed by atoms with Gasteiger partial charge in [-0.1, -0.05) is 59.6 Å². The highest BCUT2D eigenvalue weighted by Crippen LogP contribution is 2.26.